The van der Waals surface area contributed by atoms with Crippen LogP contribution in [0.4, 0.5) is 0 Å². The summed E-state index contributed by atoms with van der Waals surface area (Å²) in [7, 11) is 0. The van der Waals surface area contributed by atoms with E-state index in [9.17, 15) is 0 Å². The Morgan fingerprint density at radius 2 is 1.82 bits per heavy atom. The Morgan fingerprint density at radius 3 is 2.53 bits per heavy atom. The van der Waals surface area contributed by atoms with Crippen LogP contribution in [-0.4, -0.2) is 23.6 Å². The van der Waals surface area contributed by atoms with Crippen LogP contribution in [0.5, 0.6) is 0 Å². The lowest BCUT2D eigenvalue weighted by molar-refractivity contribution is 0.236. The van der Waals surface area contributed by atoms with Crippen molar-refractivity contribution >= 4 is 11.8 Å². The lowest BCUT2D eigenvalue weighted by atomic mass is 9.81. The van der Waals surface area contributed by atoms with Crippen LogP contribution in [0.25, 0.3) is 0 Å². The van der Waals surface area contributed by atoms with E-state index in [1.165, 1.54) is 56.5 Å². The van der Waals surface area contributed by atoms with Crippen molar-refractivity contribution in [1.82, 2.24) is 5.32 Å². The molecule has 0 aromatic carbocycles. The first-order chi connectivity index (χ1) is 8.24. The van der Waals surface area contributed by atoms with E-state index < -0.39 is 0 Å². The van der Waals surface area contributed by atoms with E-state index in [0.717, 1.165) is 23.9 Å². The molecule has 2 fully saturated rings. The van der Waals surface area contributed by atoms with E-state index in [1.54, 1.807) is 0 Å². The Kier molecular flexibility index (Phi) is 5.68. The zero-order chi connectivity index (χ0) is 12.1. The first-order valence-corrected chi connectivity index (χ1v) is 8.73. The first-order valence-electron chi connectivity index (χ1n) is 7.58. The predicted molar refractivity (Wildman–Crippen MR) is 78.7 cm³/mol. The number of rotatable bonds is 4. The Bertz CT molecular complexity index is 211. The van der Waals surface area contributed by atoms with Crippen molar-refractivity contribution in [2.45, 2.75) is 70.9 Å². The fraction of sp³-hybridized carbons (Fsp3) is 1.00. The molecule has 0 spiro atoms. The summed E-state index contributed by atoms with van der Waals surface area (Å²) in [4.78, 5) is 0. The zero-order valence-corrected chi connectivity index (χ0v) is 12.4. The normalized spacial score (nSPS) is 31.9. The van der Waals surface area contributed by atoms with Crippen molar-refractivity contribution in [3.8, 4) is 0 Å². The molecule has 17 heavy (non-hydrogen) atoms. The lowest BCUT2D eigenvalue weighted by Gasteiger charge is -2.34. The summed E-state index contributed by atoms with van der Waals surface area (Å²) in [6, 6.07) is 1.67. The molecule has 0 amide bonds. The van der Waals surface area contributed by atoms with E-state index in [0.29, 0.717) is 0 Å². The number of hydrogen-bond donors (Lipinski definition) is 1. The maximum Gasteiger partial charge on any atom is 0.00853 e. The minimum absolute atomic E-state index is 0.832. The van der Waals surface area contributed by atoms with E-state index in [4.69, 9.17) is 0 Å². The van der Waals surface area contributed by atoms with Gasteiger partial charge in [-0.15, -0.1) is 0 Å². The van der Waals surface area contributed by atoms with Gasteiger partial charge in [0.25, 0.3) is 0 Å². The van der Waals surface area contributed by atoms with Gasteiger partial charge in [0.2, 0.25) is 0 Å². The summed E-state index contributed by atoms with van der Waals surface area (Å²) in [5.41, 5.74) is 0. The molecule has 1 saturated heterocycles. The topological polar surface area (TPSA) is 12.0 Å². The van der Waals surface area contributed by atoms with Gasteiger partial charge in [0.15, 0.2) is 0 Å². The van der Waals surface area contributed by atoms with Crippen LogP contribution in [0.1, 0.15) is 58.8 Å². The quantitative estimate of drug-likeness (QED) is 0.812. The maximum absolute atomic E-state index is 3.95. The monoisotopic (exact) mass is 255 g/mol. The highest BCUT2D eigenvalue weighted by Gasteiger charge is 2.25. The molecular formula is C15H29NS. The van der Waals surface area contributed by atoms with Gasteiger partial charge in [0.1, 0.15) is 0 Å². The van der Waals surface area contributed by atoms with Crippen molar-refractivity contribution in [2.24, 2.45) is 11.8 Å². The minimum atomic E-state index is 0.832. The van der Waals surface area contributed by atoms with Crippen molar-refractivity contribution in [2.75, 3.05) is 11.5 Å². The molecule has 2 atom stereocenters. The van der Waals surface area contributed by atoms with E-state index in [1.807, 2.05) is 0 Å². The summed E-state index contributed by atoms with van der Waals surface area (Å²) in [6.45, 7) is 4.74. The minimum Gasteiger partial charge on any atom is -0.311 e. The Labute approximate surface area is 112 Å². The van der Waals surface area contributed by atoms with Crippen LogP contribution in [0.15, 0.2) is 0 Å². The maximum atomic E-state index is 3.95. The standard InChI is InChI=1S/C15H29NS/c1-12(2)10-13-4-3-5-15(11-13)16-14-6-8-17-9-7-14/h12-16H,3-11H2,1-2H3. The molecule has 1 N–H and O–H groups in total. The molecule has 1 saturated carbocycles. The summed E-state index contributed by atoms with van der Waals surface area (Å²) in [6.07, 6.45) is 10.1. The van der Waals surface area contributed by atoms with Crippen LogP contribution >= 0.6 is 11.8 Å². The largest absolute Gasteiger partial charge is 0.311 e. The average Bonchev–Trinajstić information content (AvgIpc) is 2.30. The molecule has 1 nitrogen and oxygen atoms in total. The molecule has 0 aromatic heterocycles. The summed E-state index contributed by atoms with van der Waals surface area (Å²) >= 11 is 2.13. The second-order valence-corrected chi connectivity index (χ2v) is 7.64. The van der Waals surface area contributed by atoms with Crippen LogP contribution in [-0.2, 0) is 0 Å². The van der Waals surface area contributed by atoms with Crippen LogP contribution in [0, 0.1) is 11.8 Å². The van der Waals surface area contributed by atoms with Crippen molar-refractivity contribution in [1.29, 1.82) is 0 Å². The fourth-order valence-electron chi connectivity index (χ4n) is 3.52. The second-order valence-electron chi connectivity index (χ2n) is 6.41. The van der Waals surface area contributed by atoms with Gasteiger partial charge >= 0.3 is 0 Å². The third-order valence-corrected chi connectivity index (χ3v) is 5.33. The number of thioether (sulfide) groups is 1. The van der Waals surface area contributed by atoms with Crippen molar-refractivity contribution in [3.63, 3.8) is 0 Å². The lowest BCUT2D eigenvalue weighted by Crippen LogP contribution is -2.42. The van der Waals surface area contributed by atoms with Gasteiger partial charge in [0.05, 0.1) is 0 Å². The van der Waals surface area contributed by atoms with Gasteiger partial charge in [-0.3, -0.25) is 0 Å². The molecule has 1 aliphatic heterocycles. The van der Waals surface area contributed by atoms with E-state index >= 15 is 0 Å². The smallest absolute Gasteiger partial charge is 0.00853 e. The highest BCUT2D eigenvalue weighted by molar-refractivity contribution is 7.99. The predicted octanol–water partition coefficient (Wildman–Crippen LogP) is 4.08. The molecule has 0 bridgehead atoms. The van der Waals surface area contributed by atoms with Gasteiger partial charge in [-0.2, -0.15) is 11.8 Å². The van der Waals surface area contributed by atoms with E-state index in [2.05, 4.69) is 30.9 Å². The molecule has 1 aliphatic carbocycles. The molecule has 0 radical (unpaired) electrons. The number of nitrogens with one attached hydrogen (secondary N) is 1. The summed E-state index contributed by atoms with van der Waals surface area (Å²) in [5, 5.41) is 3.95. The summed E-state index contributed by atoms with van der Waals surface area (Å²) in [5.74, 6) is 4.63. The second kappa shape index (κ2) is 7.04. The first kappa shape index (κ1) is 13.7. The van der Waals surface area contributed by atoms with E-state index in [-0.39, 0.29) is 0 Å². The fourth-order valence-corrected chi connectivity index (χ4v) is 4.63. The molecule has 2 unspecified atom stereocenters. The van der Waals surface area contributed by atoms with Crippen LogP contribution in [0.2, 0.25) is 0 Å². The van der Waals surface area contributed by atoms with Gasteiger partial charge in [-0.05, 0) is 55.4 Å². The molecule has 0 aromatic rings. The zero-order valence-electron chi connectivity index (χ0n) is 11.6. The summed E-state index contributed by atoms with van der Waals surface area (Å²) < 4.78 is 0. The molecule has 2 aliphatic rings. The Hall–Kier alpha value is 0.310. The molecule has 2 heteroatoms. The SMILES string of the molecule is CC(C)CC1CCCC(NC2CCSCC2)C1. The molecule has 2 rings (SSSR count). The highest BCUT2D eigenvalue weighted by Crippen LogP contribution is 2.30. The van der Waals surface area contributed by atoms with Crippen LogP contribution < -0.4 is 5.32 Å². The molecule has 100 valence electrons. The van der Waals surface area contributed by atoms with Gasteiger partial charge in [0, 0.05) is 12.1 Å². The Balaban J connectivity index is 1.72. The average molecular weight is 255 g/mol. The third-order valence-electron chi connectivity index (χ3n) is 4.28. The van der Waals surface area contributed by atoms with Gasteiger partial charge in [-0.1, -0.05) is 26.7 Å². The van der Waals surface area contributed by atoms with Gasteiger partial charge < -0.3 is 5.32 Å². The van der Waals surface area contributed by atoms with Gasteiger partial charge in [-0.25, -0.2) is 0 Å². The molecular weight excluding hydrogens is 226 g/mol. The Morgan fingerprint density at radius 1 is 1.06 bits per heavy atom. The highest BCUT2D eigenvalue weighted by atomic mass is 32.2. The number of hydrogen-bond acceptors (Lipinski definition) is 2. The molecule has 1 heterocycles. The van der Waals surface area contributed by atoms with Crippen LogP contribution in [0.3, 0.4) is 0 Å². The van der Waals surface area contributed by atoms with Crippen molar-refractivity contribution in [3.05, 3.63) is 0 Å². The third kappa shape index (κ3) is 4.82. The van der Waals surface area contributed by atoms with Crippen molar-refractivity contribution < 1.29 is 0 Å².